The Morgan fingerprint density at radius 3 is 2.72 bits per heavy atom. The molecule has 1 amide bonds. The number of hydrogen-bond donors (Lipinski definition) is 2. The second-order valence-corrected chi connectivity index (χ2v) is 6.30. The Labute approximate surface area is 148 Å². The van der Waals surface area contributed by atoms with E-state index < -0.39 is 0 Å². The van der Waals surface area contributed by atoms with Gasteiger partial charge >= 0.3 is 0 Å². The number of carbonyl (C=O) groups excluding carboxylic acids is 1. The molecule has 0 aromatic carbocycles. The zero-order valence-corrected chi connectivity index (χ0v) is 14.7. The van der Waals surface area contributed by atoms with Crippen LogP contribution < -0.4 is 10.2 Å². The van der Waals surface area contributed by atoms with Gasteiger partial charge in [-0.3, -0.25) is 9.59 Å². The van der Waals surface area contributed by atoms with Gasteiger partial charge < -0.3 is 20.2 Å². The molecule has 0 aliphatic carbocycles. The Morgan fingerprint density at radius 1 is 1.32 bits per heavy atom. The molecule has 0 saturated carbocycles. The topological polar surface area (TPSA) is 98.7 Å². The van der Waals surface area contributed by atoms with Crippen molar-refractivity contribution in [3.63, 3.8) is 0 Å². The van der Waals surface area contributed by atoms with Gasteiger partial charge in [0.05, 0.1) is 6.04 Å². The van der Waals surface area contributed by atoms with Crippen LogP contribution in [0.5, 0.6) is 0 Å². The summed E-state index contributed by atoms with van der Waals surface area (Å²) in [6, 6.07) is 2.17. The van der Waals surface area contributed by atoms with Crippen LogP contribution in [0, 0.1) is 0 Å². The molecule has 3 rings (SSSR count). The number of aromatic nitrogens is 2. The molecule has 8 heteroatoms. The number of hydrogen-bond acceptors (Lipinski definition) is 6. The maximum atomic E-state index is 11.9. The molecule has 138 valence electrons. The first-order valence-corrected chi connectivity index (χ1v) is 8.87. The molecule has 1 atom stereocenters. The predicted octanol–water partition coefficient (Wildman–Crippen LogP) is 1.59. The lowest BCUT2D eigenvalue weighted by Crippen LogP contribution is -2.31. The summed E-state index contributed by atoms with van der Waals surface area (Å²) in [5.74, 6) is 2.06. The number of likely N-dealkylation sites (tertiary alicyclic amines) is 1. The van der Waals surface area contributed by atoms with Crippen LogP contribution in [0.3, 0.4) is 0 Å². The SMILES string of the molecule is CCCN1CC(Nc2cc(N3CCCCC3)ncn2)CC1=O.O=CO. The summed E-state index contributed by atoms with van der Waals surface area (Å²) < 4.78 is 0. The number of rotatable bonds is 5. The molecule has 2 saturated heterocycles. The molecule has 3 heterocycles. The van der Waals surface area contributed by atoms with Gasteiger partial charge in [-0.15, -0.1) is 0 Å². The summed E-state index contributed by atoms with van der Waals surface area (Å²) in [7, 11) is 0. The lowest BCUT2D eigenvalue weighted by Gasteiger charge is -2.27. The predicted molar refractivity (Wildman–Crippen MR) is 95.7 cm³/mol. The van der Waals surface area contributed by atoms with Gasteiger partial charge in [0.25, 0.3) is 6.47 Å². The zero-order chi connectivity index (χ0) is 18.1. The second-order valence-electron chi connectivity index (χ2n) is 6.30. The largest absolute Gasteiger partial charge is 0.483 e. The Bertz CT molecular complexity index is 563. The van der Waals surface area contributed by atoms with Crippen LogP contribution in [0.4, 0.5) is 11.6 Å². The minimum absolute atomic E-state index is 0.156. The van der Waals surface area contributed by atoms with E-state index in [0.717, 1.165) is 44.2 Å². The van der Waals surface area contributed by atoms with Gasteiger partial charge in [-0.05, 0) is 25.7 Å². The van der Waals surface area contributed by atoms with Gasteiger partial charge in [0.2, 0.25) is 5.91 Å². The van der Waals surface area contributed by atoms with Crippen molar-refractivity contribution in [2.45, 2.75) is 45.1 Å². The van der Waals surface area contributed by atoms with Crippen LogP contribution in [-0.4, -0.2) is 64.6 Å². The van der Waals surface area contributed by atoms with Crippen molar-refractivity contribution < 1.29 is 14.7 Å². The molecule has 2 aliphatic rings. The second kappa shape index (κ2) is 9.80. The van der Waals surface area contributed by atoms with Gasteiger partial charge in [0, 0.05) is 38.7 Å². The molecule has 8 nitrogen and oxygen atoms in total. The van der Waals surface area contributed by atoms with E-state index in [-0.39, 0.29) is 18.4 Å². The average molecular weight is 349 g/mol. The number of piperidine rings is 1. The molecule has 2 aliphatic heterocycles. The molecule has 1 aromatic heterocycles. The van der Waals surface area contributed by atoms with E-state index in [2.05, 4.69) is 27.1 Å². The summed E-state index contributed by atoms with van der Waals surface area (Å²) in [5.41, 5.74) is 0. The summed E-state index contributed by atoms with van der Waals surface area (Å²) in [6.45, 7) is 5.62. The summed E-state index contributed by atoms with van der Waals surface area (Å²) in [6.07, 6.45) is 6.96. The van der Waals surface area contributed by atoms with Crippen molar-refractivity contribution in [2.24, 2.45) is 0 Å². The van der Waals surface area contributed by atoms with Gasteiger partial charge in [-0.1, -0.05) is 6.92 Å². The molecule has 0 bridgehead atoms. The minimum atomic E-state index is -0.250. The molecule has 2 fully saturated rings. The number of nitrogens with zero attached hydrogens (tertiary/aromatic N) is 4. The highest BCUT2D eigenvalue weighted by molar-refractivity contribution is 5.80. The maximum Gasteiger partial charge on any atom is 0.290 e. The highest BCUT2D eigenvalue weighted by Crippen LogP contribution is 2.21. The molecular formula is C17H27N5O3. The van der Waals surface area contributed by atoms with E-state index >= 15 is 0 Å². The van der Waals surface area contributed by atoms with Gasteiger partial charge in [0.15, 0.2) is 0 Å². The Kier molecular flexibility index (Phi) is 7.43. The average Bonchev–Trinajstić information content (AvgIpc) is 2.96. The highest BCUT2D eigenvalue weighted by Gasteiger charge is 2.29. The molecule has 0 spiro atoms. The van der Waals surface area contributed by atoms with Crippen molar-refractivity contribution in [3.8, 4) is 0 Å². The van der Waals surface area contributed by atoms with E-state index in [1.807, 2.05) is 11.0 Å². The van der Waals surface area contributed by atoms with E-state index in [0.29, 0.717) is 6.42 Å². The Balaban J connectivity index is 0.000000701. The van der Waals surface area contributed by atoms with Crippen molar-refractivity contribution >= 4 is 24.0 Å². The number of carbonyl (C=O) groups is 2. The highest BCUT2D eigenvalue weighted by atomic mass is 16.3. The molecule has 0 radical (unpaired) electrons. The van der Waals surface area contributed by atoms with Crippen LogP contribution in [0.15, 0.2) is 12.4 Å². The first-order chi connectivity index (χ1) is 12.2. The number of nitrogens with one attached hydrogen (secondary N) is 1. The first-order valence-electron chi connectivity index (χ1n) is 8.87. The van der Waals surface area contributed by atoms with E-state index in [9.17, 15) is 4.79 Å². The molecule has 2 N–H and O–H groups in total. The molecule has 1 aromatic rings. The fourth-order valence-corrected chi connectivity index (χ4v) is 3.29. The Hall–Kier alpha value is -2.38. The third kappa shape index (κ3) is 5.58. The van der Waals surface area contributed by atoms with Crippen molar-refractivity contribution in [1.82, 2.24) is 14.9 Å². The lowest BCUT2D eigenvalue weighted by atomic mass is 10.1. The molecule has 25 heavy (non-hydrogen) atoms. The fraction of sp³-hybridized carbons (Fsp3) is 0.647. The van der Waals surface area contributed by atoms with Crippen LogP contribution in [0.25, 0.3) is 0 Å². The number of carboxylic acid groups (broad SMARTS) is 1. The zero-order valence-electron chi connectivity index (χ0n) is 14.7. The first kappa shape index (κ1) is 19.0. The van der Waals surface area contributed by atoms with Crippen LogP contribution >= 0.6 is 0 Å². The van der Waals surface area contributed by atoms with Crippen LogP contribution in [-0.2, 0) is 9.59 Å². The lowest BCUT2D eigenvalue weighted by molar-refractivity contribution is -0.127. The maximum absolute atomic E-state index is 11.9. The normalized spacial score (nSPS) is 20.0. The van der Waals surface area contributed by atoms with Crippen LogP contribution in [0.1, 0.15) is 39.0 Å². The summed E-state index contributed by atoms with van der Waals surface area (Å²) >= 11 is 0. The third-order valence-corrected chi connectivity index (χ3v) is 4.39. The van der Waals surface area contributed by atoms with Crippen LogP contribution in [0.2, 0.25) is 0 Å². The third-order valence-electron chi connectivity index (χ3n) is 4.39. The minimum Gasteiger partial charge on any atom is -0.483 e. The fourth-order valence-electron chi connectivity index (χ4n) is 3.29. The van der Waals surface area contributed by atoms with Gasteiger partial charge in [0.1, 0.15) is 18.0 Å². The number of amides is 1. The van der Waals surface area contributed by atoms with Gasteiger partial charge in [-0.2, -0.15) is 0 Å². The van der Waals surface area contributed by atoms with E-state index in [1.165, 1.54) is 19.3 Å². The number of anilines is 2. The smallest absolute Gasteiger partial charge is 0.290 e. The van der Waals surface area contributed by atoms with E-state index in [4.69, 9.17) is 9.90 Å². The Morgan fingerprint density at radius 2 is 2.04 bits per heavy atom. The van der Waals surface area contributed by atoms with Crippen molar-refractivity contribution in [1.29, 1.82) is 0 Å². The monoisotopic (exact) mass is 349 g/mol. The quantitative estimate of drug-likeness (QED) is 0.779. The molecule has 1 unspecified atom stereocenters. The van der Waals surface area contributed by atoms with Crippen molar-refractivity contribution in [2.75, 3.05) is 36.4 Å². The standard InChI is InChI=1S/C16H25N5O.CH2O2/c1-2-6-21-11-13(9-16(21)22)19-14-10-15(18-12-17-14)20-7-4-3-5-8-20;2-1-3/h10,12-13H,2-9,11H2,1H3,(H,17,18,19);1H,(H,2,3). The van der Waals surface area contributed by atoms with Crippen molar-refractivity contribution in [3.05, 3.63) is 12.4 Å². The van der Waals surface area contributed by atoms with Gasteiger partial charge in [-0.25, -0.2) is 9.97 Å². The summed E-state index contributed by atoms with van der Waals surface area (Å²) in [4.78, 5) is 33.2. The summed E-state index contributed by atoms with van der Waals surface area (Å²) in [5, 5.41) is 10.3. The molecular weight excluding hydrogens is 322 g/mol. The van der Waals surface area contributed by atoms with E-state index in [1.54, 1.807) is 6.33 Å².